The van der Waals surface area contributed by atoms with Gasteiger partial charge in [-0.2, -0.15) is 0 Å². The molecule has 7 heteroatoms. The number of urea groups is 1. The number of amides is 3. The number of pyridine rings is 1. The first-order chi connectivity index (χ1) is 15.1. The van der Waals surface area contributed by atoms with Crippen LogP contribution in [-0.4, -0.2) is 47.5 Å². The second-order valence-electron chi connectivity index (χ2n) is 10.0. The van der Waals surface area contributed by atoms with Crippen LogP contribution in [0.2, 0.25) is 0 Å². The number of esters is 1. The number of benzene rings is 1. The van der Waals surface area contributed by atoms with Crippen LogP contribution < -0.4 is 4.90 Å². The predicted octanol–water partition coefficient (Wildman–Crippen LogP) is 4.54. The Hall–Kier alpha value is -3.22. The molecular weight excluding hydrogens is 406 g/mol. The number of hydrogen-bond acceptors (Lipinski definition) is 5. The van der Waals surface area contributed by atoms with E-state index in [1.165, 1.54) is 30.3 Å². The van der Waals surface area contributed by atoms with Crippen LogP contribution in [-0.2, 0) is 4.74 Å². The van der Waals surface area contributed by atoms with E-state index in [-0.39, 0.29) is 34.2 Å². The maximum absolute atomic E-state index is 13.8. The highest BCUT2D eigenvalue weighted by Gasteiger charge is 2.52. The molecule has 32 heavy (non-hydrogen) atoms. The largest absolute Gasteiger partial charge is 0.465 e. The zero-order valence-corrected chi connectivity index (χ0v) is 19.0. The van der Waals surface area contributed by atoms with Crippen LogP contribution in [0.3, 0.4) is 0 Å². The highest BCUT2D eigenvalue weighted by atomic mass is 16.5. The van der Waals surface area contributed by atoms with Gasteiger partial charge in [-0.3, -0.25) is 9.78 Å². The molecule has 0 spiro atoms. The van der Waals surface area contributed by atoms with Crippen molar-refractivity contribution in [3.63, 3.8) is 0 Å². The number of imide groups is 1. The molecule has 7 nitrogen and oxygen atoms in total. The summed E-state index contributed by atoms with van der Waals surface area (Å²) in [5.41, 5.74) is 1.02. The molecule has 0 N–H and O–H groups in total. The molecule has 2 fully saturated rings. The summed E-state index contributed by atoms with van der Waals surface area (Å²) < 4.78 is 4.69. The van der Waals surface area contributed by atoms with Gasteiger partial charge in [0.2, 0.25) is 0 Å². The smallest absolute Gasteiger partial charge is 0.339 e. The van der Waals surface area contributed by atoms with Crippen LogP contribution in [0, 0.1) is 10.8 Å². The van der Waals surface area contributed by atoms with Crippen molar-refractivity contribution < 1.29 is 19.1 Å². The van der Waals surface area contributed by atoms with Crippen LogP contribution in [0.5, 0.6) is 0 Å². The summed E-state index contributed by atoms with van der Waals surface area (Å²) in [6.07, 6.45) is 4.21. The maximum atomic E-state index is 13.8. The Labute approximate surface area is 188 Å². The highest BCUT2D eigenvalue weighted by Crippen LogP contribution is 2.52. The van der Waals surface area contributed by atoms with Gasteiger partial charge in [0.05, 0.1) is 18.4 Å². The van der Waals surface area contributed by atoms with Gasteiger partial charge >= 0.3 is 12.0 Å². The summed E-state index contributed by atoms with van der Waals surface area (Å²) in [4.78, 5) is 46.2. The fourth-order valence-electron chi connectivity index (χ4n) is 5.58. The summed E-state index contributed by atoms with van der Waals surface area (Å²) in [5.74, 6) is -1.06. The minimum absolute atomic E-state index is 0.0495. The summed E-state index contributed by atoms with van der Waals surface area (Å²) in [7, 11) is 1.28. The van der Waals surface area contributed by atoms with Crippen LogP contribution in [0.25, 0.3) is 0 Å². The Bertz CT molecular complexity index is 1030. The van der Waals surface area contributed by atoms with E-state index in [9.17, 15) is 14.4 Å². The first kappa shape index (κ1) is 22.0. The standard InChI is InChI=1S/C25H29N3O4/c1-24(2)12-19-13-25(3,15-24)16-27(19)23(31)28(18-8-6-5-7-9-18)21(29)20-11-10-17(14-26-20)22(30)32-4/h5-11,14,19H,12-13,15-16H2,1-4H3. The van der Waals surface area contributed by atoms with E-state index >= 15 is 0 Å². The van der Waals surface area contributed by atoms with Gasteiger partial charge in [0.1, 0.15) is 5.69 Å². The average molecular weight is 436 g/mol. The van der Waals surface area contributed by atoms with Gasteiger partial charge in [0.25, 0.3) is 5.91 Å². The molecule has 4 rings (SSSR count). The lowest BCUT2D eigenvalue weighted by molar-refractivity contribution is 0.0599. The molecule has 168 valence electrons. The molecule has 2 unspecified atom stereocenters. The maximum Gasteiger partial charge on any atom is 0.339 e. The van der Waals surface area contributed by atoms with Crippen LogP contribution in [0.4, 0.5) is 10.5 Å². The third-order valence-corrected chi connectivity index (χ3v) is 6.47. The highest BCUT2D eigenvalue weighted by molar-refractivity contribution is 6.20. The number of anilines is 1. The topological polar surface area (TPSA) is 79.8 Å². The monoisotopic (exact) mass is 435 g/mol. The Balaban J connectivity index is 1.67. The van der Waals surface area contributed by atoms with Crippen LogP contribution in [0.1, 0.15) is 60.9 Å². The second kappa shape index (κ2) is 8.04. The van der Waals surface area contributed by atoms with Crippen molar-refractivity contribution in [1.29, 1.82) is 0 Å². The molecule has 1 aromatic carbocycles. The number of nitrogens with zero attached hydrogens (tertiary/aromatic N) is 3. The SMILES string of the molecule is COC(=O)c1ccc(C(=O)N(C(=O)N2CC3(C)CC2CC(C)(C)C3)c2ccccc2)nc1. The van der Waals surface area contributed by atoms with Gasteiger partial charge in [-0.25, -0.2) is 14.5 Å². The van der Waals surface area contributed by atoms with Crippen molar-refractivity contribution in [2.24, 2.45) is 10.8 Å². The van der Waals surface area contributed by atoms with Crippen molar-refractivity contribution in [2.75, 3.05) is 18.6 Å². The molecule has 1 aliphatic heterocycles. The second-order valence-corrected chi connectivity index (χ2v) is 10.0. The van der Waals surface area contributed by atoms with E-state index in [0.29, 0.717) is 12.2 Å². The van der Waals surface area contributed by atoms with E-state index in [1.54, 1.807) is 24.3 Å². The third-order valence-electron chi connectivity index (χ3n) is 6.47. The summed E-state index contributed by atoms with van der Waals surface area (Å²) in [5, 5.41) is 0. The lowest BCUT2D eigenvalue weighted by atomic mass is 9.65. The van der Waals surface area contributed by atoms with Crippen molar-refractivity contribution >= 4 is 23.6 Å². The Morgan fingerprint density at radius 3 is 2.41 bits per heavy atom. The molecular formula is C25H29N3O4. The van der Waals surface area contributed by atoms with Gasteiger partial charge in [0.15, 0.2) is 0 Å². The average Bonchev–Trinajstić information content (AvgIpc) is 3.02. The van der Waals surface area contributed by atoms with E-state index < -0.39 is 11.9 Å². The first-order valence-corrected chi connectivity index (χ1v) is 10.9. The molecule has 1 aliphatic carbocycles. The van der Waals surface area contributed by atoms with Gasteiger partial charge < -0.3 is 9.64 Å². The number of fused-ring (bicyclic) bond motifs is 2. The molecule has 1 saturated heterocycles. The molecule has 2 aliphatic rings. The first-order valence-electron chi connectivity index (χ1n) is 10.9. The van der Waals surface area contributed by atoms with E-state index in [0.717, 1.165) is 19.3 Å². The summed E-state index contributed by atoms with van der Waals surface area (Å²) in [6.45, 7) is 7.36. The van der Waals surface area contributed by atoms with E-state index in [2.05, 4.69) is 25.8 Å². The fourth-order valence-corrected chi connectivity index (χ4v) is 5.58. The zero-order chi connectivity index (χ0) is 23.1. The Morgan fingerprint density at radius 2 is 1.78 bits per heavy atom. The number of para-hydroxylation sites is 1. The number of ether oxygens (including phenoxy) is 1. The molecule has 2 heterocycles. The van der Waals surface area contributed by atoms with Crippen LogP contribution in [0.15, 0.2) is 48.7 Å². The lowest BCUT2D eigenvalue weighted by Gasteiger charge is -2.39. The van der Waals surface area contributed by atoms with Crippen LogP contribution >= 0.6 is 0 Å². The summed E-state index contributed by atoms with van der Waals surface area (Å²) >= 11 is 0. The Morgan fingerprint density at radius 1 is 1.06 bits per heavy atom. The number of rotatable bonds is 3. The number of aromatic nitrogens is 1. The summed E-state index contributed by atoms with van der Waals surface area (Å²) in [6, 6.07) is 11.6. The normalized spacial score (nSPS) is 23.5. The number of likely N-dealkylation sites (tertiary alicyclic amines) is 1. The quantitative estimate of drug-likeness (QED) is 0.662. The molecule has 2 atom stereocenters. The van der Waals surface area contributed by atoms with Crippen molar-refractivity contribution in [2.45, 2.75) is 46.1 Å². The van der Waals surface area contributed by atoms with Crippen molar-refractivity contribution in [1.82, 2.24) is 9.88 Å². The zero-order valence-electron chi connectivity index (χ0n) is 19.0. The minimum Gasteiger partial charge on any atom is -0.465 e. The van der Waals surface area contributed by atoms with Gasteiger partial charge in [-0.15, -0.1) is 0 Å². The predicted molar refractivity (Wildman–Crippen MR) is 120 cm³/mol. The van der Waals surface area contributed by atoms with Gasteiger partial charge in [-0.1, -0.05) is 39.0 Å². The molecule has 1 aromatic heterocycles. The minimum atomic E-state index is -0.535. The lowest BCUT2D eigenvalue weighted by Crippen LogP contribution is -2.49. The number of carbonyl (C=O) groups is 3. The van der Waals surface area contributed by atoms with E-state index in [4.69, 9.17) is 4.74 Å². The molecule has 3 amide bonds. The van der Waals surface area contributed by atoms with E-state index in [1.807, 2.05) is 11.0 Å². The number of hydrogen-bond donors (Lipinski definition) is 0. The van der Waals surface area contributed by atoms with Gasteiger partial charge in [0, 0.05) is 18.8 Å². The van der Waals surface area contributed by atoms with Crippen molar-refractivity contribution in [3.8, 4) is 0 Å². The molecule has 2 aromatic rings. The van der Waals surface area contributed by atoms with Crippen molar-refractivity contribution in [3.05, 3.63) is 59.9 Å². The van der Waals surface area contributed by atoms with Gasteiger partial charge in [-0.05, 0) is 54.4 Å². The third kappa shape index (κ3) is 4.11. The molecule has 0 radical (unpaired) electrons. The number of carbonyl (C=O) groups excluding carboxylic acids is 3. The number of methoxy groups -OCH3 is 1. The Kier molecular flexibility index (Phi) is 5.53. The molecule has 1 saturated carbocycles. The molecule has 2 bridgehead atoms. The fraction of sp³-hybridized carbons (Fsp3) is 0.440.